The molecule has 0 spiro atoms. The van der Waals surface area contributed by atoms with Gasteiger partial charge in [-0.25, -0.2) is 14.4 Å². The van der Waals surface area contributed by atoms with Crippen molar-refractivity contribution in [2.24, 2.45) is 0 Å². The van der Waals surface area contributed by atoms with Crippen molar-refractivity contribution >= 4 is 17.9 Å². The molecule has 0 saturated carbocycles. The van der Waals surface area contributed by atoms with Gasteiger partial charge in [-0.15, -0.1) is 0 Å². The second-order valence-corrected chi connectivity index (χ2v) is 18.1. The third kappa shape index (κ3) is 14.5. The lowest BCUT2D eigenvalue weighted by molar-refractivity contribution is -0.367. The SMILES string of the molecule is CO[C@H]1O[C@H](COC(=O)c2ccccc2)[C@@H](O[C@H]2O[C@H](COCc3ccccc3)[C@H](OCc3ccccc3)[C@H](OCc3ccccc3)[C@H]2OCc2ccccc2)[C@H](OC(=O)c2ccccc2)[C@H]1OC(=O)c1ccccc1. The first kappa shape index (κ1) is 53.5. The summed E-state index contributed by atoms with van der Waals surface area (Å²) in [5.41, 5.74) is 4.27. The molecular weight excluding hydrogens is 969 g/mol. The lowest BCUT2D eigenvalue weighted by Crippen LogP contribution is -2.67. The molecule has 9 rings (SSSR count). The average Bonchev–Trinajstić information content (AvgIpc) is 3.48. The zero-order valence-corrected chi connectivity index (χ0v) is 41.9. The fraction of sp³-hybridized carbons (Fsp3) is 0.274. The van der Waals surface area contributed by atoms with Crippen LogP contribution in [0.2, 0.25) is 0 Å². The summed E-state index contributed by atoms with van der Waals surface area (Å²) in [6.07, 6.45) is -12.2. The summed E-state index contributed by atoms with van der Waals surface area (Å²) in [5, 5.41) is 0. The molecule has 0 aliphatic carbocycles. The highest BCUT2D eigenvalue weighted by molar-refractivity contribution is 5.90. The molecule has 0 unspecified atom stereocenters. The van der Waals surface area contributed by atoms with E-state index in [9.17, 15) is 14.4 Å². The number of benzene rings is 7. The number of rotatable bonds is 23. The number of carbonyl (C=O) groups is 3. The Morgan fingerprint density at radius 3 is 1.20 bits per heavy atom. The van der Waals surface area contributed by atoms with Gasteiger partial charge in [-0.3, -0.25) is 0 Å². The fourth-order valence-electron chi connectivity index (χ4n) is 8.98. The molecule has 2 fully saturated rings. The number of hydrogen-bond acceptors (Lipinski definition) is 14. The smallest absolute Gasteiger partial charge is 0.338 e. The van der Waals surface area contributed by atoms with Gasteiger partial charge in [0, 0.05) is 7.11 Å². The summed E-state index contributed by atoms with van der Waals surface area (Å²) in [5.74, 6) is -2.19. The molecule has 0 bridgehead atoms. The molecule has 0 N–H and O–H groups in total. The van der Waals surface area contributed by atoms with Crippen molar-refractivity contribution in [2.75, 3.05) is 20.3 Å². The van der Waals surface area contributed by atoms with Gasteiger partial charge in [0.05, 0.1) is 49.7 Å². The van der Waals surface area contributed by atoms with Crippen molar-refractivity contribution in [3.05, 3.63) is 251 Å². The van der Waals surface area contributed by atoms with Crippen molar-refractivity contribution in [1.29, 1.82) is 0 Å². The van der Waals surface area contributed by atoms with Gasteiger partial charge >= 0.3 is 17.9 Å². The summed E-state index contributed by atoms with van der Waals surface area (Å²) >= 11 is 0. The standard InChI is InChI=1S/C62H60O14/c1-66-61-57(75-60(65)49-35-21-8-22-36-49)55(74-59(64)48-33-19-7-20-34-48)53(51(72-61)42-71-58(63)47-31-17-6-18-32-47)76-62-56(70-40-46-29-15-5-16-30-46)54(69-39-45-27-13-4-14-28-45)52(68-38-44-25-11-3-12-26-44)50(73-62)41-67-37-43-23-9-2-10-24-43/h2-36,50-57,61-62H,37-42H2,1H3/t50-,51-,52+,53-,54+,55+,56-,57-,61+,62-/m1/s1. The highest BCUT2D eigenvalue weighted by atomic mass is 16.8. The summed E-state index contributed by atoms with van der Waals surface area (Å²) in [7, 11) is 1.36. The Labute approximate surface area is 442 Å². The van der Waals surface area contributed by atoms with Gasteiger partial charge in [0.1, 0.15) is 43.2 Å². The Morgan fingerprint density at radius 2 is 0.737 bits per heavy atom. The largest absolute Gasteiger partial charge is 0.459 e. The van der Waals surface area contributed by atoms with Crippen molar-refractivity contribution in [3.8, 4) is 0 Å². The molecule has 2 aliphatic rings. The predicted molar refractivity (Wildman–Crippen MR) is 278 cm³/mol. The van der Waals surface area contributed by atoms with Crippen molar-refractivity contribution in [2.45, 2.75) is 87.8 Å². The first-order chi connectivity index (χ1) is 37.4. The maximum atomic E-state index is 14.4. The van der Waals surface area contributed by atoms with Gasteiger partial charge < -0.3 is 52.1 Å². The maximum Gasteiger partial charge on any atom is 0.338 e. The molecule has 392 valence electrons. The van der Waals surface area contributed by atoms with E-state index in [-0.39, 0.29) is 49.7 Å². The molecule has 7 aromatic carbocycles. The Balaban J connectivity index is 1.14. The van der Waals surface area contributed by atoms with Crippen LogP contribution in [0.4, 0.5) is 0 Å². The number of carbonyl (C=O) groups excluding carboxylic acids is 3. The van der Waals surface area contributed by atoms with E-state index in [0.29, 0.717) is 0 Å². The van der Waals surface area contributed by atoms with Crippen LogP contribution in [0.1, 0.15) is 53.3 Å². The van der Waals surface area contributed by atoms with Gasteiger partial charge in [0.15, 0.2) is 24.8 Å². The third-order valence-corrected chi connectivity index (χ3v) is 12.8. The second kappa shape index (κ2) is 27.4. The molecular formula is C62H60O14. The Morgan fingerprint density at radius 1 is 0.368 bits per heavy atom. The van der Waals surface area contributed by atoms with Crippen LogP contribution in [0, 0.1) is 0 Å². The van der Waals surface area contributed by atoms with E-state index in [2.05, 4.69) is 0 Å². The maximum absolute atomic E-state index is 14.4. The van der Waals surface area contributed by atoms with Crippen molar-refractivity contribution in [1.82, 2.24) is 0 Å². The molecule has 14 nitrogen and oxygen atoms in total. The summed E-state index contributed by atoms with van der Waals surface area (Å²) in [6, 6.07) is 64.0. The van der Waals surface area contributed by atoms with E-state index in [1.165, 1.54) is 7.11 Å². The average molecular weight is 1030 g/mol. The molecule has 10 atom stereocenters. The topological polar surface area (TPSA) is 153 Å². The number of ether oxygens (including phenoxy) is 11. The van der Waals surface area contributed by atoms with E-state index in [0.717, 1.165) is 22.3 Å². The molecule has 14 heteroatoms. The quantitative estimate of drug-likeness (QED) is 0.0441. The normalized spacial score (nSPS) is 23.2. The van der Waals surface area contributed by atoms with E-state index >= 15 is 0 Å². The van der Waals surface area contributed by atoms with Gasteiger partial charge in [0.25, 0.3) is 0 Å². The van der Waals surface area contributed by atoms with E-state index < -0.39 is 85.9 Å². The van der Waals surface area contributed by atoms with E-state index in [1.807, 2.05) is 121 Å². The summed E-state index contributed by atoms with van der Waals surface area (Å²) in [4.78, 5) is 42.2. The van der Waals surface area contributed by atoms with Crippen LogP contribution < -0.4 is 0 Å². The zero-order valence-electron chi connectivity index (χ0n) is 41.9. The molecule has 2 heterocycles. The highest BCUT2D eigenvalue weighted by Gasteiger charge is 2.56. The second-order valence-electron chi connectivity index (χ2n) is 18.1. The van der Waals surface area contributed by atoms with Crippen molar-refractivity contribution in [3.63, 3.8) is 0 Å². The Hall–Kier alpha value is -7.37. The van der Waals surface area contributed by atoms with Crippen LogP contribution in [0.5, 0.6) is 0 Å². The molecule has 2 saturated heterocycles. The minimum atomic E-state index is -1.51. The summed E-state index contributed by atoms with van der Waals surface area (Å²) < 4.78 is 72.9. The van der Waals surface area contributed by atoms with Crippen LogP contribution >= 0.6 is 0 Å². The Bertz CT molecular complexity index is 2830. The number of hydrogen-bond donors (Lipinski definition) is 0. The van der Waals surface area contributed by atoms with Crippen LogP contribution in [-0.2, 0) is 78.5 Å². The lowest BCUT2D eigenvalue weighted by Gasteiger charge is -2.49. The molecule has 0 amide bonds. The van der Waals surface area contributed by atoms with E-state index in [4.69, 9.17) is 52.1 Å². The van der Waals surface area contributed by atoms with Gasteiger partial charge in [-0.1, -0.05) is 176 Å². The molecule has 2 aliphatic heterocycles. The van der Waals surface area contributed by atoms with Crippen LogP contribution in [0.3, 0.4) is 0 Å². The first-order valence-corrected chi connectivity index (χ1v) is 25.2. The van der Waals surface area contributed by atoms with Crippen LogP contribution in [0.25, 0.3) is 0 Å². The molecule has 7 aromatic rings. The van der Waals surface area contributed by atoms with Crippen LogP contribution in [-0.4, -0.2) is 99.6 Å². The highest BCUT2D eigenvalue weighted by Crippen LogP contribution is 2.37. The van der Waals surface area contributed by atoms with Crippen molar-refractivity contribution < 1.29 is 66.5 Å². The molecule has 0 aromatic heterocycles. The summed E-state index contributed by atoms with van der Waals surface area (Å²) in [6.45, 7) is 0.203. The number of methoxy groups -OCH3 is 1. The monoisotopic (exact) mass is 1030 g/mol. The minimum Gasteiger partial charge on any atom is -0.459 e. The van der Waals surface area contributed by atoms with E-state index in [1.54, 1.807) is 91.0 Å². The fourth-order valence-corrected chi connectivity index (χ4v) is 8.98. The molecule has 76 heavy (non-hydrogen) atoms. The lowest BCUT2D eigenvalue weighted by atomic mass is 9.95. The van der Waals surface area contributed by atoms with Gasteiger partial charge in [0.2, 0.25) is 0 Å². The minimum absolute atomic E-state index is 0.000416. The van der Waals surface area contributed by atoms with Crippen LogP contribution in [0.15, 0.2) is 212 Å². The zero-order chi connectivity index (χ0) is 52.3. The first-order valence-electron chi connectivity index (χ1n) is 25.2. The Kier molecular flexibility index (Phi) is 19.3. The molecule has 0 radical (unpaired) electrons. The van der Waals surface area contributed by atoms with Gasteiger partial charge in [-0.2, -0.15) is 0 Å². The third-order valence-electron chi connectivity index (χ3n) is 12.8. The predicted octanol–water partition coefficient (Wildman–Crippen LogP) is 9.75. The van der Waals surface area contributed by atoms with Gasteiger partial charge in [-0.05, 0) is 58.7 Å². The number of esters is 3.